The van der Waals surface area contributed by atoms with Crippen LogP contribution in [0.5, 0.6) is 0 Å². The van der Waals surface area contributed by atoms with E-state index in [1.807, 2.05) is 0 Å². The molecule has 0 aliphatic heterocycles. The Morgan fingerprint density at radius 1 is 1.29 bits per heavy atom. The van der Waals surface area contributed by atoms with E-state index in [0.717, 1.165) is 4.47 Å². The topological polar surface area (TPSA) is 63.5 Å². The van der Waals surface area contributed by atoms with Crippen LogP contribution in [0.15, 0.2) is 37.8 Å². The molecule has 5 nitrogen and oxygen atoms in total. The van der Waals surface area contributed by atoms with Crippen LogP contribution in [0, 0.1) is 5.82 Å². The Hall–Kier alpha value is -1.54. The van der Waals surface area contributed by atoms with Crippen LogP contribution >= 0.6 is 31.9 Å². The van der Waals surface area contributed by atoms with Crippen LogP contribution in [-0.4, -0.2) is 11.7 Å². The summed E-state index contributed by atoms with van der Waals surface area (Å²) in [7, 11) is 0. The molecular formula is C16H17Br2FN2O3. The molecule has 1 heterocycles. The van der Waals surface area contributed by atoms with E-state index in [9.17, 15) is 9.18 Å². The van der Waals surface area contributed by atoms with Crippen molar-refractivity contribution in [2.24, 2.45) is 0 Å². The number of furan rings is 1. The summed E-state index contributed by atoms with van der Waals surface area (Å²) in [6.07, 6.45) is -0.598. The molecule has 0 saturated carbocycles. The average Bonchev–Trinajstić information content (AvgIpc) is 2.76. The number of halogens is 3. The number of nitrogens with one attached hydrogen (secondary N) is 2. The standard InChI is InChI=1S/C16H17Br2FN2O3/c1-16(2,3)24-15(22)21-9-4-5-12(19)13(6-9)20-8-10-7-11(17)14(18)23-10/h4-7,20H,8H2,1-3H3,(H,21,22). The Kier molecular flexibility index (Phi) is 5.92. The Balaban J connectivity index is 2.04. The SMILES string of the molecule is CC(C)(C)OC(=O)Nc1ccc(F)c(NCc2cc(Br)c(Br)o2)c1. The molecule has 1 aromatic heterocycles. The minimum absolute atomic E-state index is 0.243. The molecule has 0 aliphatic rings. The molecule has 1 amide bonds. The number of rotatable bonds is 4. The molecule has 0 saturated heterocycles. The van der Waals surface area contributed by atoms with Gasteiger partial charge in [0.25, 0.3) is 0 Å². The number of ether oxygens (including phenoxy) is 1. The number of hydrogen-bond donors (Lipinski definition) is 2. The lowest BCUT2D eigenvalue weighted by Gasteiger charge is -2.20. The second-order valence-corrected chi connectivity index (χ2v) is 7.58. The van der Waals surface area contributed by atoms with Crippen LogP contribution < -0.4 is 10.6 Å². The first-order chi connectivity index (χ1) is 11.1. The second-order valence-electron chi connectivity index (χ2n) is 6.01. The molecule has 0 aliphatic carbocycles. The van der Waals surface area contributed by atoms with Gasteiger partial charge in [-0.25, -0.2) is 9.18 Å². The van der Waals surface area contributed by atoms with Gasteiger partial charge in [-0.2, -0.15) is 0 Å². The van der Waals surface area contributed by atoms with Crippen LogP contribution in [0.3, 0.4) is 0 Å². The third kappa shape index (κ3) is 5.52. The molecule has 0 unspecified atom stereocenters. The molecule has 0 bridgehead atoms. The number of benzene rings is 1. The summed E-state index contributed by atoms with van der Waals surface area (Å²) in [6.45, 7) is 5.59. The maximum absolute atomic E-state index is 13.9. The van der Waals surface area contributed by atoms with Crippen molar-refractivity contribution in [3.63, 3.8) is 0 Å². The highest BCUT2D eigenvalue weighted by atomic mass is 79.9. The number of anilines is 2. The van der Waals surface area contributed by atoms with Crippen molar-refractivity contribution < 1.29 is 18.3 Å². The fourth-order valence-corrected chi connectivity index (χ4v) is 2.48. The first-order valence-electron chi connectivity index (χ1n) is 7.11. The summed E-state index contributed by atoms with van der Waals surface area (Å²) in [6, 6.07) is 6.00. The zero-order chi connectivity index (χ0) is 17.9. The smallest absolute Gasteiger partial charge is 0.412 e. The predicted molar refractivity (Wildman–Crippen MR) is 97.7 cm³/mol. The summed E-state index contributed by atoms with van der Waals surface area (Å²) < 4.78 is 25.8. The number of carbonyl (C=O) groups is 1. The molecule has 0 atom stereocenters. The van der Waals surface area contributed by atoms with Crippen LogP contribution in [0.25, 0.3) is 0 Å². The lowest BCUT2D eigenvalue weighted by atomic mass is 10.2. The van der Waals surface area contributed by atoms with Crippen molar-refractivity contribution in [3.05, 3.63) is 45.0 Å². The number of amides is 1. The van der Waals surface area contributed by atoms with Crippen LogP contribution in [0.1, 0.15) is 26.5 Å². The minimum atomic E-state index is -0.606. The molecule has 130 valence electrons. The second kappa shape index (κ2) is 7.57. The molecule has 24 heavy (non-hydrogen) atoms. The fraction of sp³-hybridized carbons (Fsp3) is 0.312. The van der Waals surface area contributed by atoms with Crippen molar-refractivity contribution in [1.82, 2.24) is 0 Å². The molecule has 0 spiro atoms. The maximum Gasteiger partial charge on any atom is 0.412 e. The zero-order valence-electron chi connectivity index (χ0n) is 13.4. The molecule has 1 aromatic carbocycles. The van der Waals surface area contributed by atoms with Crippen molar-refractivity contribution in [2.45, 2.75) is 32.9 Å². The van der Waals surface area contributed by atoms with Gasteiger partial charge in [0, 0.05) is 5.69 Å². The van der Waals surface area contributed by atoms with Gasteiger partial charge in [-0.3, -0.25) is 5.32 Å². The molecule has 2 aromatic rings. The first-order valence-corrected chi connectivity index (χ1v) is 8.70. The van der Waals surface area contributed by atoms with Gasteiger partial charge >= 0.3 is 6.09 Å². The van der Waals surface area contributed by atoms with E-state index in [2.05, 4.69) is 42.5 Å². The van der Waals surface area contributed by atoms with E-state index in [1.54, 1.807) is 26.8 Å². The van der Waals surface area contributed by atoms with E-state index >= 15 is 0 Å². The molecular weight excluding hydrogens is 447 g/mol. The van der Waals surface area contributed by atoms with Crippen molar-refractivity contribution in [2.75, 3.05) is 10.6 Å². The van der Waals surface area contributed by atoms with Gasteiger partial charge in [-0.1, -0.05) is 0 Å². The predicted octanol–water partition coefficient (Wildman–Crippen LogP) is 5.90. The molecule has 0 radical (unpaired) electrons. The summed E-state index contributed by atoms with van der Waals surface area (Å²) in [5.41, 5.74) is 0.0628. The third-order valence-electron chi connectivity index (χ3n) is 2.76. The summed E-state index contributed by atoms with van der Waals surface area (Å²) in [5.74, 6) is 0.188. The molecule has 2 rings (SSSR count). The van der Waals surface area contributed by atoms with Gasteiger partial charge in [0.05, 0.1) is 16.7 Å². The summed E-state index contributed by atoms with van der Waals surface area (Å²) in [4.78, 5) is 11.8. The monoisotopic (exact) mass is 462 g/mol. The zero-order valence-corrected chi connectivity index (χ0v) is 16.5. The highest BCUT2D eigenvalue weighted by molar-refractivity contribution is 9.13. The van der Waals surface area contributed by atoms with Gasteiger partial charge in [0.15, 0.2) is 4.67 Å². The number of carbonyl (C=O) groups excluding carboxylic acids is 1. The van der Waals surface area contributed by atoms with Gasteiger partial charge in [0.1, 0.15) is 17.2 Å². The lowest BCUT2D eigenvalue weighted by Crippen LogP contribution is -2.27. The van der Waals surface area contributed by atoms with E-state index in [-0.39, 0.29) is 12.2 Å². The Morgan fingerprint density at radius 3 is 2.58 bits per heavy atom. The first kappa shape index (κ1) is 18.8. The van der Waals surface area contributed by atoms with Gasteiger partial charge < -0.3 is 14.5 Å². The van der Waals surface area contributed by atoms with Gasteiger partial charge in [-0.05, 0) is 76.9 Å². The quantitative estimate of drug-likeness (QED) is 0.592. The van der Waals surface area contributed by atoms with E-state index in [1.165, 1.54) is 18.2 Å². The molecule has 0 fully saturated rings. The van der Waals surface area contributed by atoms with E-state index in [0.29, 0.717) is 16.1 Å². The van der Waals surface area contributed by atoms with E-state index in [4.69, 9.17) is 9.15 Å². The van der Waals surface area contributed by atoms with Crippen molar-refractivity contribution >= 4 is 49.3 Å². The van der Waals surface area contributed by atoms with Gasteiger partial charge in [0.2, 0.25) is 0 Å². The summed E-state index contributed by atoms with van der Waals surface area (Å²) >= 11 is 6.56. The van der Waals surface area contributed by atoms with Crippen molar-refractivity contribution in [1.29, 1.82) is 0 Å². The highest BCUT2D eigenvalue weighted by Crippen LogP contribution is 2.28. The van der Waals surface area contributed by atoms with Gasteiger partial charge in [-0.15, -0.1) is 0 Å². The lowest BCUT2D eigenvalue weighted by molar-refractivity contribution is 0.0636. The molecule has 2 N–H and O–H groups in total. The average molecular weight is 464 g/mol. The Morgan fingerprint density at radius 2 is 2.00 bits per heavy atom. The maximum atomic E-state index is 13.9. The van der Waals surface area contributed by atoms with Crippen LogP contribution in [-0.2, 0) is 11.3 Å². The normalized spacial score (nSPS) is 11.2. The fourth-order valence-electron chi connectivity index (χ4n) is 1.82. The Labute approximate surface area is 156 Å². The third-order valence-corrected chi connectivity index (χ3v) is 4.47. The number of hydrogen-bond acceptors (Lipinski definition) is 4. The minimum Gasteiger partial charge on any atom is -0.451 e. The highest BCUT2D eigenvalue weighted by Gasteiger charge is 2.16. The van der Waals surface area contributed by atoms with E-state index < -0.39 is 17.5 Å². The Bertz CT molecular complexity index is 722. The van der Waals surface area contributed by atoms with Crippen LogP contribution in [0.4, 0.5) is 20.6 Å². The summed E-state index contributed by atoms with van der Waals surface area (Å²) in [5, 5.41) is 5.50. The van der Waals surface area contributed by atoms with Crippen LogP contribution in [0.2, 0.25) is 0 Å². The van der Waals surface area contributed by atoms with Crippen molar-refractivity contribution in [3.8, 4) is 0 Å². The largest absolute Gasteiger partial charge is 0.451 e. The molecule has 8 heteroatoms.